The molecule has 3 N–H and O–H groups in total. The van der Waals surface area contributed by atoms with Crippen molar-refractivity contribution in [1.82, 2.24) is 10.3 Å². The van der Waals surface area contributed by atoms with Crippen molar-refractivity contribution in [3.05, 3.63) is 18.5 Å². The predicted molar refractivity (Wildman–Crippen MR) is 70.0 cm³/mol. The summed E-state index contributed by atoms with van der Waals surface area (Å²) in [5, 5.41) is 3.50. The molecular formula is C13H20N4. The number of pyridine rings is 1. The Morgan fingerprint density at radius 2 is 2.12 bits per heavy atom. The second-order valence-corrected chi connectivity index (χ2v) is 5.35. The predicted octanol–water partition coefficient (Wildman–Crippen LogP) is 1.24. The fraction of sp³-hybridized carbons (Fsp3) is 0.615. The van der Waals surface area contributed by atoms with Crippen LogP contribution in [-0.2, 0) is 0 Å². The van der Waals surface area contributed by atoms with Gasteiger partial charge < -0.3 is 16.0 Å². The van der Waals surface area contributed by atoms with Gasteiger partial charge >= 0.3 is 0 Å². The van der Waals surface area contributed by atoms with Gasteiger partial charge in [0, 0.05) is 25.8 Å². The zero-order valence-corrected chi connectivity index (χ0v) is 10.2. The van der Waals surface area contributed by atoms with E-state index in [1.54, 1.807) is 6.20 Å². The molecule has 4 nitrogen and oxygen atoms in total. The van der Waals surface area contributed by atoms with Gasteiger partial charge in [-0.15, -0.1) is 0 Å². The van der Waals surface area contributed by atoms with Crippen LogP contribution in [0.4, 0.5) is 11.4 Å². The minimum atomic E-state index is 0.568. The molecule has 1 spiro atoms. The van der Waals surface area contributed by atoms with Crippen molar-refractivity contribution in [3.8, 4) is 0 Å². The summed E-state index contributed by atoms with van der Waals surface area (Å²) in [6.45, 7) is 4.63. The molecule has 0 aliphatic carbocycles. The number of nitrogen functional groups attached to an aromatic ring is 1. The van der Waals surface area contributed by atoms with Crippen LogP contribution >= 0.6 is 0 Å². The number of hydrogen-bond donors (Lipinski definition) is 2. The summed E-state index contributed by atoms with van der Waals surface area (Å²) in [6, 6.07) is 2.03. The van der Waals surface area contributed by atoms with Gasteiger partial charge in [0.1, 0.15) is 0 Å². The molecule has 3 rings (SSSR count). The summed E-state index contributed by atoms with van der Waals surface area (Å²) >= 11 is 0. The SMILES string of the molecule is Nc1cnccc1N1CCC2(CCNC2)CC1. The van der Waals surface area contributed by atoms with Crippen LogP contribution in [0.1, 0.15) is 19.3 Å². The number of rotatable bonds is 1. The molecule has 0 saturated carbocycles. The van der Waals surface area contributed by atoms with Gasteiger partial charge in [0.2, 0.25) is 0 Å². The maximum Gasteiger partial charge on any atom is 0.0738 e. The molecule has 2 aliphatic rings. The fourth-order valence-electron chi connectivity index (χ4n) is 3.13. The Morgan fingerprint density at radius 1 is 1.29 bits per heavy atom. The Kier molecular flexibility index (Phi) is 2.67. The van der Waals surface area contributed by atoms with Crippen LogP contribution in [0.5, 0.6) is 0 Å². The van der Waals surface area contributed by atoms with Gasteiger partial charge in [-0.25, -0.2) is 0 Å². The lowest BCUT2D eigenvalue weighted by Crippen LogP contribution is -2.41. The van der Waals surface area contributed by atoms with Gasteiger partial charge in [0.25, 0.3) is 0 Å². The highest BCUT2D eigenvalue weighted by atomic mass is 15.2. The first kappa shape index (κ1) is 10.8. The Morgan fingerprint density at radius 3 is 2.76 bits per heavy atom. The summed E-state index contributed by atoms with van der Waals surface area (Å²) in [7, 11) is 0. The molecule has 3 heterocycles. The molecule has 0 atom stereocenters. The minimum Gasteiger partial charge on any atom is -0.396 e. The Bertz CT molecular complexity index is 388. The van der Waals surface area contributed by atoms with E-state index < -0.39 is 0 Å². The normalized spacial score (nSPS) is 23.2. The first-order valence-corrected chi connectivity index (χ1v) is 6.44. The van der Waals surface area contributed by atoms with Crippen LogP contribution in [0, 0.1) is 5.41 Å². The van der Waals surface area contributed by atoms with Crippen LogP contribution in [0.3, 0.4) is 0 Å². The van der Waals surface area contributed by atoms with Crippen molar-refractivity contribution >= 4 is 11.4 Å². The third-order valence-corrected chi connectivity index (χ3v) is 4.32. The van der Waals surface area contributed by atoms with E-state index in [1.807, 2.05) is 12.3 Å². The van der Waals surface area contributed by atoms with Crippen molar-refractivity contribution in [2.24, 2.45) is 5.41 Å². The van der Waals surface area contributed by atoms with Crippen LogP contribution in [0.25, 0.3) is 0 Å². The number of aromatic nitrogens is 1. The van der Waals surface area contributed by atoms with Crippen molar-refractivity contribution in [2.75, 3.05) is 36.8 Å². The molecule has 0 radical (unpaired) electrons. The van der Waals surface area contributed by atoms with E-state index in [0.717, 1.165) is 24.5 Å². The summed E-state index contributed by atoms with van der Waals surface area (Å²) < 4.78 is 0. The van der Waals surface area contributed by atoms with Gasteiger partial charge in [-0.1, -0.05) is 0 Å². The highest BCUT2D eigenvalue weighted by Crippen LogP contribution is 2.38. The summed E-state index contributed by atoms with van der Waals surface area (Å²) in [4.78, 5) is 6.45. The van der Waals surface area contributed by atoms with E-state index in [9.17, 15) is 0 Å². The number of nitrogens with zero attached hydrogens (tertiary/aromatic N) is 2. The topological polar surface area (TPSA) is 54.2 Å². The summed E-state index contributed by atoms with van der Waals surface area (Å²) in [6.07, 6.45) is 7.47. The molecule has 0 bridgehead atoms. The van der Waals surface area contributed by atoms with E-state index >= 15 is 0 Å². The number of nitrogens with one attached hydrogen (secondary N) is 1. The van der Waals surface area contributed by atoms with Gasteiger partial charge in [0.05, 0.1) is 17.6 Å². The quantitative estimate of drug-likeness (QED) is 0.765. The second kappa shape index (κ2) is 4.18. The Hall–Kier alpha value is -1.29. The van der Waals surface area contributed by atoms with Crippen molar-refractivity contribution in [2.45, 2.75) is 19.3 Å². The molecule has 4 heteroatoms. The lowest BCUT2D eigenvalue weighted by atomic mass is 9.78. The third kappa shape index (κ3) is 1.97. The van der Waals surface area contributed by atoms with E-state index in [1.165, 1.54) is 32.4 Å². The monoisotopic (exact) mass is 232 g/mol. The highest BCUT2D eigenvalue weighted by molar-refractivity contribution is 5.66. The fourth-order valence-corrected chi connectivity index (χ4v) is 3.13. The number of piperidine rings is 1. The Labute approximate surface area is 102 Å². The number of anilines is 2. The third-order valence-electron chi connectivity index (χ3n) is 4.32. The summed E-state index contributed by atoms with van der Waals surface area (Å²) in [5.74, 6) is 0. The number of hydrogen-bond acceptors (Lipinski definition) is 4. The zero-order valence-electron chi connectivity index (χ0n) is 10.2. The van der Waals surface area contributed by atoms with E-state index in [0.29, 0.717) is 5.41 Å². The summed E-state index contributed by atoms with van der Waals surface area (Å²) in [5.41, 5.74) is 8.50. The number of nitrogens with two attached hydrogens (primary N) is 1. The molecule has 0 aromatic carbocycles. The maximum absolute atomic E-state index is 5.98. The zero-order chi connectivity index (χ0) is 11.7. The van der Waals surface area contributed by atoms with Crippen LogP contribution < -0.4 is 16.0 Å². The van der Waals surface area contributed by atoms with E-state index in [2.05, 4.69) is 15.2 Å². The van der Waals surface area contributed by atoms with E-state index in [-0.39, 0.29) is 0 Å². The minimum absolute atomic E-state index is 0.568. The average molecular weight is 232 g/mol. The second-order valence-electron chi connectivity index (χ2n) is 5.35. The molecule has 2 saturated heterocycles. The average Bonchev–Trinajstić information content (AvgIpc) is 2.80. The molecule has 0 unspecified atom stereocenters. The first-order valence-electron chi connectivity index (χ1n) is 6.44. The molecule has 0 amide bonds. The van der Waals surface area contributed by atoms with E-state index in [4.69, 9.17) is 5.73 Å². The lowest BCUT2D eigenvalue weighted by Gasteiger charge is -2.40. The largest absolute Gasteiger partial charge is 0.396 e. The van der Waals surface area contributed by atoms with Crippen LogP contribution in [-0.4, -0.2) is 31.2 Å². The first-order chi connectivity index (χ1) is 8.29. The molecular weight excluding hydrogens is 212 g/mol. The van der Waals surface area contributed by atoms with Gasteiger partial charge in [-0.05, 0) is 37.3 Å². The standard InChI is InChI=1S/C13H20N4/c14-11-9-15-5-1-12(11)17-7-3-13(4-8-17)2-6-16-10-13/h1,5,9,16H,2-4,6-8,10,14H2. The van der Waals surface area contributed by atoms with Crippen LogP contribution in [0.2, 0.25) is 0 Å². The van der Waals surface area contributed by atoms with Gasteiger partial charge in [-0.2, -0.15) is 0 Å². The molecule has 2 fully saturated rings. The maximum atomic E-state index is 5.98. The van der Waals surface area contributed by atoms with Crippen molar-refractivity contribution in [1.29, 1.82) is 0 Å². The molecule has 92 valence electrons. The molecule has 2 aliphatic heterocycles. The Balaban J connectivity index is 1.71. The molecule has 17 heavy (non-hydrogen) atoms. The molecule has 1 aromatic heterocycles. The van der Waals surface area contributed by atoms with Gasteiger partial charge in [-0.3, -0.25) is 4.98 Å². The van der Waals surface area contributed by atoms with Gasteiger partial charge in [0.15, 0.2) is 0 Å². The highest BCUT2D eigenvalue weighted by Gasteiger charge is 2.37. The lowest BCUT2D eigenvalue weighted by molar-refractivity contribution is 0.247. The van der Waals surface area contributed by atoms with Crippen LogP contribution in [0.15, 0.2) is 18.5 Å². The van der Waals surface area contributed by atoms with Crippen molar-refractivity contribution in [3.63, 3.8) is 0 Å². The smallest absolute Gasteiger partial charge is 0.0738 e. The van der Waals surface area contributed by atoms with Crippen molar-refractivity contribution < 1.29 is 0 Å². The molecule has 1 aromatic rings.